The topological polar surface area (TPSA) is 68.2 Å². The third-order valence-electron chi connectivity index (χ3n) is 8.57. The van der Waals surface area contributed by atoms with Crippen molar-refractivity contribution in [3.8, 4) is 0 Å². The first kappa shape index (κ1) is 16.1. The van der Waals surface area contributed by atoms with Crippen molar-refractivity contribution in [3.63, 3.8) is 0 Å². The Labute approximate surface area is 154 Å². The van der Waals surface area contributed by atoms with Crippen molar-refractivity contribution >= 4 is 0 Å². The minimum Gasteiger partial charge on any atom is -0.491 e. The zero-order valence-corrected chi connectivity index (χ0v) is 15.5. The zero-order chi connectivity index (χ0) is 17.9. The maximum Gasteiger partial charge on any atom is 0.173 e. The summed E-state index contributed by atoms with van der Waals surface area (Å²) in [7, 11) is 0. The average molecular weight is 360 g/mol. The summed E-state index contributed by atoms with van der Waals surface area (Å²) < 4.78 is 18.7. The molecule has 0 unspecified atom stereocenters. The molecule has 26 heavy (non-hydrogen) atoms. The highest BCUT2D eigenvalue weighted by Crippen LogP contribution is 2.68. The molecule has 142 valence electrons. The van der Waals surface area contributed by atoms with Crippen molar-refractivity contribution in [1.82, 2.24) is 0 Å². The fraction of sp³-hybridized carbons (Fsp3) is 0.810. The molecule has 3 aliphatic heterocycles. The fourth-order valence-electron chi connectivity index (χ4n) is 7.32. The van der Waals surface area contributed by atoms with Crippen molar-refractivity contribution < 1.29 is 24.4 Å². The molecule has 0 aromatic carbocycles. The monoisotopic (exact) mass is 360 g/mol. The third kappa shape index (κ3) is 1.68. The van der Waals surface area contributed by atoms with Crippen LogP contribution in [0.4, 0.5) is 0 Å². The van der Waals surface area contributed by atoms with Gasteiger partial charge in [0.25, 0.3) is 0 Å². The summed E-state index contributed by atoms with van der Waals surface area (Å²) in [5.41, 5.74) is 2.67. The Morgan fingerprint density at radius 3 is 2.85 bits per heavy atom. The van der Waals surface area contributed by atoms with Crippen molar-refractivity contribution in [3.05, 3.63) is 23.0 Å². The lowest BCUT2D eigenvalue weighted by Crippen LogP contribution is -2.48. The van der Waals surface area contributed by atoms with Crippen LogP contribution >= 0.6 is 0 Å². The van der Waals surface area contributed by atoms with Gasteiger partial charge in [-0.05, 0) is 55.9 Å². The van der Waals surface area contributed by atoms with Gasteiger partial charge in [-0.25, -0.2) is 0 Å². The highest BCUT2D eigenvalue weighted by molar-refractivity contribution is 5.40. The molecule has 3 heterocycles. The Morgan fingerprint density at radius 1 is 1.15 bits per heavy atom. The van der Waals surface area contributed by atoms with Crippen LogP contribution in [-0.4, -0.2) is 47.5 Å². The van der Waals surface area contributed by atoms with E-state index in [1.165, 1.54) is 16.9 Å². The van der Waals surface area contributed by atoms with Gasteiger partial charge in [0.05, 0.1) is 36.8 Å². The van der Waals surface area contributed by atoms with Crippen LogP contribution in [0.1, 0.15) is 46.0 Å². The van der Waals surface area contributed by atoms with Gasteiger partial charge in [-0.1, -0.05) is 18.6 Å². The Bertz CT molecular complexity index is 743. The Balaban J connectivity index is 1.47. The number of ether oxygens (including phenoxy) is 3. The number of aliphatic hydroxyl groups is 2. The van der Waals surface area contributed by atoms with Crippen molar-refractivity contribution in [1.29, 1.82) is 0 Å². The molecule has 1 spiro atoms. The molecule has 0 bridgehead atoms. The molecule has 6 rings (SSSR count). The Kier molecular flexibility index (Phi) is 2.94. The maximum atomic E-state index is 10.4. The molecule has 0 aromatic heterocycles. The Morgan fingerprint density at radius 2 is 2.00 bits per heavy atom. The van der Waals surface area contributed by atoms with Crippen LogP contribution in [0.15, 0.2) is 23.0 Å². The second kappa shape index (κ2) is 4.75. The van der Waals surface area contributed by atoms with Gasteiger partial charge in [-0.2, -0.15) is 0 Å². The summed E-state index contributed by atoms with van der Waals surface area (Å²) in [6, 6.07) is 0. The number of aliphatic hydroxyl groups excluding tert-OH is 2. The Hall–Kier alpha value is -0.880. The van der Waals surface area contributed by atoms with E-state index in [0.29, 0.717) is 37.9 Å². The first-order chi connectivity index (χ1) is 12.4. The van der Waals surface area contributed by atoms with E-state index in [1.807, 2.05) is 0 Å². The quantitative estimate of drug-likeness (QED) is 0.649. The van der Waals surface area contributed by atoms with Gasteiger partial charge in [0.2, 0.25) is 0 Å². The highest BCUT2D eigenvalue weighted by Gasteiger charge is 2.72. The van der Waals surface area contributed by atoms with Crippen LogP contribution in [0.25, 0.3) is 0 Å². The van der Waals surface area contributed by atoms with Crippen LogP contribution in [0.3, 0.4) is 0 Å². The molecule has 1 saturated carbocycles. The molecule has 8 atom stereocenters. The largest absolute Gasteiger partial charge is 0.491 e. The van der Waals surface area contributed by atoms with Gasteiger partial charge in [0, 0.05) is 0 Å². The summed E-state index contributed by atoms with van der Waals surface area (Å²) >= 11 is 0. The molecular formula is C21H28O5. The van der Waals surface area contributed by atoms with Gasteiger partial charge in [0.1, 0.15) is 11.9 Å². The SMILES string of the molecule is C[C@@]12OC[C@H]3OC4=C5CC=C6C[C@@H](O)[C@H](O)C[C@]6(C)[C@H]5CC[C@]4(CO1)[C@H]32. The van der Waals surface area contributed by atoms with E-state index < -0.39 is 18.0 Å². The minimum atomic E-state index is -0.632. The standard InChI is InChI=1S/C21H28O5/c1-19-8-15(23)14(22)7-11(19)3-4-12-13(19)5-6-21-10-25-20(2)17(21)16(9-24-20)26-18(12)21/h3,13-17,22-23H,4-10H2,1-2H3/t13-,14+,15+,16+,17+,19-,20+,21-/m0/s1. The van der Waals surface area contributed by atoms with Gasteiger partial charge >= 0.3 is 0 Å². The summed E-state index contributed by atoms with van der Waals surface area (Å²) in [4.78, 5) is 0. The van der Waals surface area contributed by atoms with Crippen LogP contribution in [0.2, 0.25) is 0 Å². The fourth-order valence-corrected chi connectivity index (χ4v) is 7.32. The normalized spacial score (nSPS) is 57.1. The van der Waals surface area contributed by atoms with Crippen LogP contribution in [0.5, 0.6) is 0 Å². The van der Waals surface area contributed by atoms with Crippen molar-refractivity contribution in [2.24, 2.45) is 22.7 Å². The number of hydrogen-bond donors (Lipinski definition) is 2. The number of rotatable bonds is 0. The molecule has 3 saturated heterocycles. The van der Waals surface area contributed by atoms with Crippen LogP contribution in [-0.2, 0) is 14.2 Å². The number of hydrogen-bond acceptors (Lipinski definition) is 5. The number of fused-ring (bicyclic) bond motifs is 3. The van der Waals surface area contributed by atoms with E-state index in [9.17, 15) is 10.2 Å². The summed E-state index contributed by atoms with van der Waals surface area (Å²) in [5, 5.41) is 20.5. The van der Waals surface area contributed by atoms with Crippen molar-refractivity contribution in [2.75, 3.05) is 13.2 Å². The maximum absolute atomic E-state index is 10.4. The van der Waals surface area contributed by atoms with Crippen LogP contribution in [0, 0.1) is 22.7 Å². The molecule has 4 fully saturated rings. The van der Waals surface area contributed by atoms with Crippen molar-refractivity contribution in [2.45, 2.75) is 70.1 Å². The second-order valence-electron chi connectivity index (χ2n) is 9.75. The van der Waals surface area contributed by atoms with E-state index in [1.54, 1.807) is 0 Å². The third-order valence-corrected chi connectivity index (χ3v) is 8.57. The molecule has 0 radical (unpaired) electrons. The van der Waals surface area contributed by atoms with Gasteiger partial charge in [-0.15, -0.1) is 0 Å². The summed E-state index contributed by atoms with van der Waals surface area (Å²) in [6.45, 7) is 5.68. The van der Waals surface area contributed by atoms with Gasteiger partial charge in [-0.3, -0.25) is 0 Å². The van der Waals surface area contributed by atoms with E-state index >= 15 is 0 Å². The van der Waals surface area contributed by atoms with Crippen LogP contribution < -0.4 is 0 Å². The lowest BCUT2D eigenvalue weighted by molar-refractivity contribution is -0.181. The average Bonchev–Trinajstić information content (AvgIpc) is 3.21. The van der Waals surface area contributed by atoms with E-state index in [-0.39, 0.29) is 16.9 Å². The van der Waals surface area contributed by atoms with E-state index in [4.69, 9.17) is 14.2 Å². The van der Waals surface area contributed by atoms with E-state index in [2.05, 4.69) is 19.9 Å². The predicted octanol–water partition coefficient (Wildman–Crippen LogP) is 2.28. The molecular weight excluding hydrogens is 332 g/mol. The molecule has 6 aliphatic rings. The summed E-state index contributed by atoms with van der Waals surface area (Å²) in [6.07, 6.45) is 5.47. The predicted molar refractivity (Wildman–Crippen MR) is 92.9 cm³/mol. The first-order valence-corrected chi connectivity index (χ1v) is 10.1. The molecule has 5 nitrogen and oxygen atoms in total. The molecule has 3 aliphatic carbocycles. The zero-order valence-electron chi connectivity index (χ0n) is 15.5. The highest BCUT2D eigenvalue weighted by atomic mass is 16.7. The molecule has 0 aromatic rings. The first-order valence-electron chi connectivity index (χ1n) is 10.1. The lowest BCUT2D eigenvalue weighted by atomic mass is 9.52. The number of allylic oxidation sites excluding steroid dienone is 2. The molecule has 2 N–H and O–H groups in total. The summed E-state index contributed by atoms with van der Waals surface area (Å²) in [5.74, 6) is 1.39. The smallest absolute Gasteiger partial charge is 0.173 e. The second-order valence-corrected chi connectivity index (χ2v) is 9.75. The molecule has 0 amide bonds. The van der Waals surface area contributed by atoms with Gasteiger partial charge < -0.3 is 24.4 Å². The van der Waals surface area contributed by atoms with Gasteiger partial charge in [0.15, 0.2) is 5.79 Å². The van der Waals surface area contributed by atoms with E-state index in [0.717, 1.165) is 19.3 Å². The lowest BCUT2D eigenvalue weighted by Gasteiger charge is -2.52. The molecule has 5 heteroatoms. The minimum absolute atomic E-state index is 0.0176.